The molecule has 0 spiro atoms. The molecule has 134 valence electrons. The van der Waals surface area contributed by atoms with Crippen molar-refractivity contribution in [3.05, 3.63) is 12.7 Å². The molecule has 1 unspecified atom stereocenters. The van der Waals surface area contributed by atoms with E-state index >= 15 is 0 Å². The van der Waals surface area contributed by atoms with Gasteiger partial charge in [-0.3, -0.25) is 9.59 Å². The zero-order valence-electron chi connectivity index (χ0n) is 15.3. The third-order valence-corrected chi connectivity index (χ3v) is 3.80. The van der Waals surface area contributed by atoms with Crippen LogP contribution in [0.15, 0.2) is 12.7 Å². The average Bonchev–Trinajstić information content (AvgIpc) is 2.42. The molecule has 0 heterocycles. The molecule has 0 aromatic carbocycles. The number of rotatable bonds is 12. The van der Waals surface area contributed by atoms with Gasteiger partial charge < -0.3 is 9.84 Å². The molecule has 4 nitrogen and oxygen atoms in total. The van der Waals surface area contributed by atoms with E-state index in [0.29, 0.717) is 6.42 Å². The van der Waals surface area contributed by atoms with Crippen LogP contribution in [-0.4, -0.2) is 22.6 Å². The minimum Gasteiger partial charge on any atom is -0.481 e. The number of ether oxygens (including phenoxy) is 1. The lowest BCUT2D eigenvalue weighted by Gasteiger charge is -2.27. The lowest BCUT2D eigenvalue weighted by atomic mass is 9.85. The second-order valence-corrected chi connectivity index (χ2v) is 7.17. The van der Waals surface area contributed by atoms with Gasteiger partial charge in [0, 0.05) is 0 Å². The highest BCUT2D eigenvalue weighted by Gasteiger charge is 2.35. The zero-order chi connectivity index (χ0) is 17.9. The van der Waals surface area contributed by atoms with E-state index in [2.05, 4.69) is 13.5 Å². The summed E-state index contributed by atoms with van der Waals surface area (Å²) < 4.78 is 5.44. The first-order valence-corrected chi connectivity index (χ1v) is 8.79. The molecule has 0 radical (unpaired) electrons. The van der Waals surface area contributed by atoms with Crippen molar-refractivity contribution in [2.45, 2.75) is 84.7 Å². The average molecular weight is 326 g/mol. The standard InChI is InChI=1S/C19H34O4/c1-6-8-9-10-11-12-14-16(15(13-7-2)17(20)21)18(22)23-19(3,4)5/h7,15-16H,2,6,8-14H2,1,3-5H3,(H,20,21)/t15-,16?/m1/s1. The SMILES string of the molecule is C=CC[C@@H](C(=O)O)C(CCCCCCCC)C(=O)OC(C)(C)C. The van der Waals surface area contributed by atoms with Gasteiger partial charge in [-0.2, -0.15) is 0 Å². The van der Waals surface area contributed by atoms with Gasteiger partial charge in [0.05, 0.1) is 11.8 Å². The first-order chi connectivity index (χ1) is 10.7. The van der Waals surface area contributed by atoms with Crippen molar-refractivity contribution in [2.24, 2.45) is 11.8 Å². The van der Waals surface area contributed by atoms with E-state index in [4.69, 9.17) is 4.74 Å². The summed E-state index contributed by atoms with van der Waals surface area (Å²) in [6, 6.07) is 0. The van der Waals surface area contributed by atoms with Crippen LogP contribution in [0.5, 0.6) is 0 Å². The van der Waals surface area contributed by atoms with Crippen molar-refractivity contribution < 1.29 is 19.4 Å². The summed E-state index contributed by atoms with van der Waals surface area (Å²) in [4.78, 5) is 23.9. The van der Waals surface area contributed by atoms with Crippen LogP contribution >= 0.6 is 0 Å². The van der Waals surface area contributed by atoms with Crippen LogP contribution in [-0.2, 0) is 14.3 Å². The monoisotopic (exact) mass is 326 g/mol. The lowest BCUT2D eigenvalue weighted by molar-refractivity contribution is -0.167. The molecule has 0 aliphatic heterocycles. The molecule has 0 rings (SSSR count). The van der Waals surface area contributed by atoms with Gasteiger partial charge in [-0.05, 0) is 33.6 Å². The second kappa shape index (κ2) is 11.3. The van der Waals surface area contributed by atoms with Crippen LogP contribution in [0.3, 0.4) is 0 Å². The third-order valence-electron chi connectivity index (χ3n) is 3.80. The van der Waals surface area contributed by atoms with Gasteiger partial charge in [0.1, 0.15) is 5.60 Å². The fourth-order valence-electron chi connectivity index (χ4n) is 2.62. The van der Waals surface area contributed by atoms with Gasteiger partial charge in [-0.15, -0.1) is 6.58 Å². The van der Waals surface area contributed by atoms with Crippen molar-refractivity contribution in [3.63, 3.8) is 0 Å². The van der Waals surface area contributed by atoms with Crippen LogP contribution in [0.2, 0.25) is 0 Å². The van der Waals surface area contributed by atoms with Gasteiger partial charge in [0.15, 0.2) is 0 Å². The predicted molar refractivity (Wildman–Crippen MR) is 93.3 cm³/mol. The Morgan fingerprint density at radius 1 is 1.09 bits per heavy atom. The van der Waals surface area contributed by atoms with Gasteiger partial charge in [0.2, 0.25) is 0 Å². The highest BCUT2D eigenvalue weighted by atomic mass is 16.6. The minimum absolute atomic E-state index is 0.287. The number of unbranched alkanes of at least 4 members (excludes halogenated alkanes) is 5. The maximum Gasteiger partial charge on any atom is 0.310 e. The number of carboxylic acid groups (broad SMARTS) is 1. The molecular formula is C19H34O4. The van der Waals surface area contributed by atoms with Gasteiger partial charge in [-0.25, -0.2) is 0 Å². The van der Waals surface area contributed by atoms with Crippen LogP contribution < -0.4 is 0 Å². The lowest BCUT2D eigenvalue weighted by Crippen LogP contribution is -2.35. The summed E-state index contributed by atoms with van der Waals surface area (Å²) in [5, 5.41) is 9.44. The molecule has 2 atom stereocenters. The Morgan fingerprint density at radius 2 is 1.65 bits per heavy atom. The largest absolute Gasteiger partial charge is 0.481 e. The van der Waals surface area contributed by atoms with E-state index in [1.165, 1.54) is 19.3 Å². The Kier molecular flexibility index (Phi) is 10.6. The van der Waals surface area contributed by atoms with Gasteiger partial charge >= 0.3 is 11.9 Å². The molecule has 0 saturated heterocycles. The molecule has 23 heavy (non-hydrogen) atoms. The molecule has 0 saturated carbocycles. The molecule has 0 aliphatic rings. The molecular weight excluding hydrogens is 292 g/mol. The number of carboxylic acids is 1. The highest BCUT2D eigenvalue weighted by molar-refractivity contribution is 5.81. The van der Waals surface area contributed by atoms with E-state index in [-0.39, 0.29) is 6.42 Å². The van der Waals surface area contributed by atoms with Gasteiger partial charge in [-0.1, -0.05) is 51.5 Å². The fraction of sp³-hybridized carbons (Fsp3) is 0.789. The maximum absolute atomic E-state index is 12.4. The van der Waals surface area contributed by atoms with E-state index < -0.39 is 29.4 Å². The summed E-state index contributed by atoms with van der Waals surface area (Å²) in [5.74, 6) is -2.71. The van der Waals surface area contributed by atoms with Crippen LogP contribution in [0.25, 0.3) is 0 Å². The molecule has 0 fully saturated rings. The molecule has 0 aromatic heterocycles. The van der Waals surface area contributed by atoms with Crippen molar-refractivity contribution in [1.29, 1.82) is 0 Å². The second-order valence-electron chi connectivity index (χ2n) is 7.17. The number of carbonyl (C=O) groups is 2. The van der Waals surface area contributed by atoms with Crippen LogP contribution in [0.4, 0.5) is 0 Å². The molecule has 0 aliphatic carbocycles. The van der Waals surface area contributed by atoms with Gasteiger partial charge in [0.25, 0.3) is 0 Å². The first-order valence-electron chi connectivity index (χ1n) is 8.79. The van der Waals surface area contributed by atoms with Crippen molar-refractivity contribution in [2.75, 3.05) is 0 Å². The van der Waals surface area contributed by atoms with E-state index in [0.717, 1.165) is 19.3 Å². The molecule has 0 bridgehead atoms. The summed E-state index contributed by atoms with van der Waals surface area (Å²) in [7, 11) is 0. The number of allylic oxidation sites excluding steroid dienone is 1. The first kappa shape index (κ1) is 21.7. The highest BCUT2D eigenvalue weighted by Crippen LogP contribution is 2.27. The maximum atomic E-state index is 12.4. The minimum atomic E-state index is -0.952. The number of hydrogen-bond acceptors (Lipinski definition) is 3. The van der Waals surface area contributed by atoms with Crippen molar-refractivity contribution in [1.82, 2.24) is 0 Å². The Labute approximate surface area is 141 Å². The number of carbonyl (C=O) groups excluding carboxylic acids is 1. The summed E-state index contributed by atoms with van der Waals surface area (Å²) in [6.45, 7) is 11.2. The summed E-state index contributed by atoms with van der Waals surface area (Å²) in [6.07, 6.45) is 9.05. The Balaban J connectivity index is 4.75. The van der Waals surface area contributed by atoms with E-state index in [1.54, 1.807) is 26.8 Å². The predicted octanol–water partition coefficient (Wildman–Crippen LogP) is 4.97. The Bertz CT molecular complexity index is 368. The topological polar surface area (TPSA) is 63.6 Å². The van der Waals surface area contributed by atoms with Crippen molar-refractivity contribution in [3.8, 4) is 0 Å². The number of esters is 1. The van der Waals surface area contributed by atoms with E-state index in [1.807, 2.05) is 0 Å². The number of hydrogen-bond donors (Lipinski definition) is 1. The van der Waals surface area contributed by atoms with Crippen molar-refractivity contribution >= 4 is 11.9 Å². The molecule has 1 N–H and O–H groups in total. The Hall–Kier alpha value is -1.32. The molecule has 4 heteroatoms. The summed E-state index contributed by atoms with van der Waals surface area (Å²) >= 11 is 0. The van der Waals surface area contributed by atoms with E-state index in [9.17, 15) is 14.7 Å². The summed E-state index contributed by atoms with van der Waals surface area (Å²) in [5.41, 5.74) is -0.603. The third kappa shape index (κ3) is 10.1. The molecule has 0 amide bonds. The smallest absolute Gasteiger partial charge is 0.310 e. The van der Waals surface area contributed by atoms with Crippen LogP contribution in [0.1, 0.15) is 79.1 Å². The van der Waals surface area contributed by atoms with Crippen LogP contribution in [0, 0.1) is 11.8 Å². The molecule has 0 aromatic rings. The zero-order valence-corrected chi connectivity index (χ0v) is 15.3. The Morgan fingerprint density at radius 3 is 2.13 bits per heavy atom. The fourth-order valence-corrected chi connectivity index (χ4v) is 2.62. The number of aliphatic carboxylic acids is 1. The quantitative estimate of drug-likeness (QED) is 0.312. The normalized spacial score (nSPS) is 14.1.